The van der Waals surface area contributed by atoms with Crippen molar-refractivity contribution in [2.24, 2.45) is 0 Å². The standard InChI is InChI=1S/2C31H44O4.2C20H28O2/c2*1-21(2)12-10-14-23(5)16-18-28-25(7)20-30(34-26(8)32)29(31(28)35-27(9)33)19-17-24(6)15-11-13-22(3)4;2*1-14(2)8-7-9-15(3)10-11-19-17(5)12-16(4)13-20(19)22-18(6)21/h2*12-13,16-17,20H,10-11,14-15,18-19H2,1-9H3;2*8,10,12-13H,7,9,11H2,1-6H3/b2*23-16+,24-17+;2*15-10+. The van der Waals surface area contributed by atoms with E-state index < -0.39 is 11.9 Å². The molecule has 0 radical (unpaired) electrons. The first-order chi connectivity index (χ1) is 53.4. The van der Waals surface area contributed by atoms with Gasteiger partial charge in [-0.3, -0.25) is 28.8 Å². The summed E-state index contributed by atoms with van der Waals surface area (Å²) < 4.78 is 33.4. The largest absolute Gasteiger partial charge is 0.426 e. The Morgan fingerprint density at radius 1 is 0.219 bits per heavy atom. The van der Waals surface area contributed by atoms with Gasteiger partial charge in [0.05, 0.1) is 0 Å². The molecule has 0 saturated carbocycles. The summed E-state index contributed by atoms with van der Waals surface area (Å²) in [5, 5.41) is 0. The summed E-state index contributed by atoms with van der Waals surface area (Å²) in [6.45, 7) is 58.7. The number of carbonyl (C=O) groups is 6. The van der Waals surface area contributed by atoms with E-state index in [1.807, 2.05) is 52.0 Å². The maximum Gasteiger partial charge on any atom is 0.308 e. The van der Waals surface area contributed by atoms with Crippen molar-refractivity contribution in [3.05, 3.63) is 243 Å². The maximum atomic E-state index is 12.1. The summed E-state index contributed by atoms with van der Waals surface area (Å²) >= 11 is 0. The van der Waals surface area contributed by atoms with Crippen LogP contribution in [0.25, 0.3) is 0 Å². The molecule has 0 aromatic heterocycles. The molecule has 0 aliphatic rings. The third kappa shape index (κ3) is 45.5. The molecule has 4 aromatic rings. The van der Waals surface area contributed by atoms with Crippen molar-refractivity contribution in [3.63, 3.8) is 0 Å². The van der Waals surface area contributed by atoms with Crippen LogP contribution in [-0.2, 0) is 67.3 Å². The van der Waals surface area contributed by atoms with Gasteiger partial charge in [0.1, 0.15) is 34.5 Å². The second kappa shape index (κ2) is 55.2. The molecule has 12 heteroatoms. The Kier molecular flexibility index (Phi) is 49.6. The molecule has 0 aliphatic carbocycles. The van der Waals surface area contributed by atoms with Crippen molar-refractivity contribution in [3.8, 4) is 34.5 Å². The molecule has 4 aromatic carbocycles. The van der Waals surface area contributed by atoms with Crippen LogP contribution in [0, 0.1) is 41.5 Å². The lowest BCUT2D eigenvalue weighted by Gasteiger charge is -2.19. The maximum absolute atomic E-state index is 12.1. The highest BCUT2D eigenvalue weighted by atomic mass is 16.6. The van der Waals surface area contributed by atoms with Gasteiger partial charge in [0.2, 0.25) is 0 Å². The summed E-state index contributed by atoms with van der Waals surface area (Å²) in [7, 11) is 0. The number of hydrogen-bond donors (Lipinski definition) is 0. The van der Waals surface area contributed by atoms with E-state index in [1.54, 1.807) is 0 Å². The van der Waals surface area contributed by atoms with Gasteiger partial charge in [0.25, 0.3) is 0 Å². The van der Waals surface area contributed by atoms with Gasteiger partial charge in [0, 0.05) is 74.9 Å². The Bertz CT molecular complexity index is 4000. The Morgan fingerprint density at radius 2 is 0.395 bits per heavy atom. The van der Waals surface area contributed by atoms with Crippen LogP contribution in [0.1, 0.15) is 310 Å². The molecule has 624 valence electrons. The summed E-state index contributed by atoms with van der Waals surface area (Å²) in [6, 6.07) is 11.9. The molecule has 0 aliphatic heterocycles. The normalized spacial score (nSPS) is 11.5. The average molecular weight is 1560 g/mol. The second-order valence-corrected chi connectivity index (χ2v) is 32.1. The van der Waals surface area contributed by atoms with Crippen molar-refractivity contribution in [2.75, 3.05) is 0 Å². The minimum absolute atomic E-state index is 0.268. The van der Waals surface area contributed by atoms with Crippen LogP contribution in [-0.4, -0.2) is 35.8 Å². The molecule has 0 N–H and O–H groups in total. The molecule has 4 rings (SSSR count). The zero-order valence-corrected chi connectivity index (χ0v) is 76.0. The van der Waals surface area contributed by atoms with Crippen molar-refractivity contribution in [1.82, 2.24) is 0 Å². The summed E-state index contributed by atoms with van der Waals surface area (Å²) in [6.07, 6.45) is 42.7. The quantitative estimate of drug-likeness (QED) is 0.0241. The van der Waals surface area contributed by atoms with Gasteiger partial charge in [-0.1, -0.05) is 152 Å². The number of allylic oxidation sites excluding steroid dienone is 24. The average Bonchev–Trinajstić information content (AvgIpc) is 0.796. The van der Waals surface area contributed by atoms with E-state index in [0.717, 1.165) is 146 Å². The van der Waals surface area contributed by atoms with Gasteiger partial charge in [-0.05, 0) is 339 Å². The molecule has 114 heavy (non-hydrogen) atoms. The summed E-state index contributed by atoms with van der Waals surface area (Å²) in [4.78, 5) is 70.4. The molecule has 0 heterocycles. The van der Waals surface area contributed by atoms with Gasteiger partial charge in [0.15, 0.2) is 0 Å². The lowest BCUT2D eigenvalue weighted by Crippen LogP contribution is -2.11. The molecule has 0 saturated heterocycles. The van der Waals surface area contributed by atoms with Gasteiger partial charge < -0.3 is 28.4 Å². The van der Waals surface area contributed by atoms with Crippen LogP contribution >= 0.6 is 0 Å². The monoisotopic (exact) mass is 1560 g/mol. The van der Waals surface area contributed by atoms with Gasteiger partial charge in [-0.2, -0.15) is 0 Å². The van der Waals surface area contributed by atoms with Crippen LogP contribution in [0.4, 0.5) is 0 Å². The molecule has 0 unspecified atom stereocenters. The number of aryl methyl sites for hydroxylation is 6. The number of carbonyl (C=O) groups excluding carboxylic acids is 6. The Labute approximate surface area is 689 Å². The first kappa shape index (κ1) is 103. The van der Waals surface area contributed by atoms with E-state index in [4.69, 9.17) is 28.4 Å². The van der Waals surface area contributed by atoms with Crippen LogP contribution in [0.5, 0.6) is 34.5 Å². The minimum atomic E-state index is -0.397. The summed E-state index contributed by atoms with van der Waals surface area (Å²) in [5.41, 5.74) is 27.7. The lowest BCUT2D eigenvalue weighted by molar-refractivity contribution is -0.133. The third-order valence-corrected chi connectivity index (χ3v) is 18.5. The number of rotatable bonds is 36. The minimum Gasteiger partial charge on any atom is -0.426 e. The Balaban J connectivity index is 0.000000778. The Hall–Kier alpha value is -9.42. The molecular weight excluding hydrogens is 1420 g/mol. The van der Waals surface area contributed by atoms with E-state index in [-0.39, 0.29) is 23.9 Å². The topological polar surface area (TPSA) is 158 Å². The number of esters is 6. The first-order valence-electron chi connectivity index (χ1n) is 40.7. The van der Waals surface area contributed by atoms with Crippen molar-refractivity contribution in [1.29, 1.82) is 0 Å². The smallest absolute Gasteiger partial charge is 0.308 e. The SMILES string of the molecule is CC(=O)Oc1cc(C)c(C/C=C(\C)CCC=C(C)C)c(OC(C)=O)c1C/C=C(\C)CCC=C(C)C.CC(=O)Oc1cc(C)c(C/C=C(\C)CCC=C(C)C)c(OC(C)=O)c1C/C=C(\C)CCC=C(C)C.CC(=O)Oc1cc(C)cc(C)c1C/C=C(\C)CCC=C(C)C.CC(=O)Oc1cc(C)cc(C)c1C/C=C(\C)CCC=C(C)C. The van der Waals surface area contributed by atoms with E-state index in [2.05, 4.69) is 224 Å². The zero-order chi connectivity index (χ0) is 86.5. The van der Waals surface area contributed by atoms with Crippen LogP contribution in [0.3, 0.4) is 0 Å². The highest BCUT2D eigenvalue weighted by Gasteiger charge is 2.23. The Morgan fingerprint density at radius 3 is 0.588 bits per heavy atom. The third-order valence-electron chi connectivity index (χ3n) is 18.5. The summed E-state index contributed by atoms with van der Waals surface area (Å²) in [5.74, 6) is 1.20. The van der Waals surface area contributed by atoms with Crippen molar-refractivity contribution in [2.45, 2.75) is 323 Å². The number of hydrogen-bond acceptors (Lipinski definition) is 12. The highest BCUT2D eigenvalue weighted by molar-refractivity contribution is 5.76. The van der Waals surface area contributed by atoms with E-state index in [1.165, 1.54) is 120 Å². The predicted molar refractivity (Wildman–Crippen MR) is 479 cm³/mol. The zero-order valence-electron chi connectivity index (χ0n) is 76.0. The van der Waals surface area contributed by atoms with Crippen molar-refractivity contribution < 1.29 is 57.2 Å². The second-order valence-electron chi connectivity index (χ2n) is 32.1. The molecular formula is C102H144O12. The van der Waals surface area contributed by atoms with Gasteiger partial charge in [-0.15, -0.1) is 0 Å². The molecule has 0 bridgehead atoms. The van der Waals surface area contributed by atoms with Crippen molar-refractivity contribution >= 4 is 35.8 Å². The number of ether oxygens (including phenoxy) is 6. The number of benzene rings is 4. The fraction of sp³-hybridized carbons (Fsp3) is 0.471. The fourth-order valence-electron chi connectivity index (χ4n) is 12.3. The molecule has 0 spiro atoms. The van der Waals surface area contributed by atoms with E-state index in [9.17, 15) is 28.8 Å². The molecule has 0 amide bonds. The molecule has 12 nitrogen and oxygen atoms in total. The van der Waals surface area contributed by atoms with Gasteiger partial charge in [-0.25, -0.2) is 0 Å². The van der Waals surface area contributed by atoms with Crippen LogP contribution in [0.15, 0.2) is 176 Å². The predicted octanol–water partition coefficient (Wildman–Crippen LogP) is 27.6. The fourth-order valence-corrected chi connectivity index (χ4v) is 12.3. The van der Waals surface area contributed by atoms with E-state index in [0.29, 0.717) is 60.2 Å². The van der Waals surface area contributed by atoms with Crippen LogP contribution in [0.2, 0.25) is 0 Å². The van der Waals surface area contributed by atoms with E-state index >= 15 is 0 Å². The molecule has 0 atom stereocenters. The van der Waals surface area contributed by atoms with Crippen LogP contribution < -0.4 is 28.4 Å². The van der Waals surface area contributed by atoms with Gasteiger partial charge >= 0.3 is 35.8 Å². The highest BCUT2D eigenvalue weighted by Crippen LogP contribution is 2.40. The first-order valence-corrected chi connectivity index (χ1v) is 40.7. The molecule has 0 fully saturated rings. The lowest BCUT2D eigenvalue weighted by atomic mass is 9.95.